The van der Waals surface area contributed by atoms with Crippen LogP contribution in [0.4, 0.5) is 0 Å². The van der Waals surface area contributed by atoms with Crippen LogP contribution in [0.15, 0.2) is 4.99 Å². The molecule has 0 radical (unpaired) electrons. The Morgan fingerprint density at radius 3 is 2.35 bits per heavy atom. The highest BCUT2D eigenvalue weighted by Gasteiger charge is 1.93. The van der Waals surface area contributed by atoms with E-state index in [-0.39, 0.29) is 5.91 Å². The Morgan fingerprint density at radius 2 is 1.71 bits per heavy atom. The molecule has 3 nitrogen and oxygen atoms in total. The summed E-state index contributed by atoms with van der Waals surface area (Å²) in [4.78, 5) is 15.1. The Kier molecular flexibility index (Phi) is 11.0. The van der Waals surface area contributed by atoms with Gasteiger partial charge in [0.2, 0.25) is 5.91 Å². The SMILES string of the molecule is CCCC(C)=NCCCCCCCNC(C)=O. The van der Waals surface area contributed by atoms with Crippen LogP contribution in [0.3, 0.4) is 0 Å². The number of rotatable bonds is 10. The Balaban J connectivity index is 3.18. The monoisotopic (exact) mass is 240 g/mol. The van der Waals surface area contributed by atoms with E-state index in [4.69, 9.17) is 0 Å². The zero-order chi connectivity index (χ0) is 12.9. The van der Waals surface area contributed by atoms with Gasteiger partial charge in [-0.15, -0.1) is 0 Å². The first-order chi connectivity index (χ1) is 8.16. The first-order valence-corrected chi connectivity index (χ1v) is 6.91. The lowest BCUT2D eigenvalue weighted by Gasteiger charge is -2.02. The van der Waals surface area contributed by atoms with Gasteiger partial charge >= 0.3 is 0 Å². The van der Waals surface area contributed by atoms with E-state index in [1.165, 1.54) is 37.8 Å². The second kappa shape index (κ2) is 11.6. The topological polar surface area (TPSA) is 41.5 Å². The quantitative estimate of drug-likeness (QED) is 0.462. The number of aliphatic imine (C=N–C) groups is 1. The largest absolute Gasteiger partial charge is 0.356 e. The van der Waals surface area contributed by atoms with Gasteiger partial charge < -0.3 is 5.32 Å². The third-order valence-corrected chi connectivity index (χ3v) is 2.70. The normalized spacial score (nSPS) is 11.6. The summed E-state index contributed by atoms with van der Waals surface area (Å²) >= 11 is 0. The molecule has 1 amide bonds. The molecule has 0 aliphatic rings. The van der Waals surface area contributed by atoms with E-state index in [1.807, 2.05) is 0 Å². The number of carbonyl (C=O) groups is 1. The van der Waals surface area contributed by atoms with Crippen molar-refractivity contribution >= 4 is 11.6 Å². The summed E-state index contributed by atoms with van der Waals surface area (Å²) in [7, 11) is 0. The maximum atomic E-state index is 10.6. The number of amides is 1. The smallest absolute Gasteiger partial charge is 0.216 e. The Hall–Kier alpha value is -0.860. The average Bonchev–Trinajstić information content (AvgIpc) is 2.27. The molecule has 0 aromatic rings. The van der Waals surface area contributed by atoms with Crippen molar-refractivity contribution in [2.75, 3.05) is 13.1 Å². The van der Waals surface area contributed by atoms with Crippen molar-refractivity contribution in [3.63, 3.8) is 0 Å². The van der Waals surface area contributed by atoms with Gasteiger partial charge in [-0.2, -0.15) is 0 Å². The van der Waals surface area contributed by atoms with Crippen LogP contribution in [0.5, 0.6) is 0 Å². The van der Waals surface area contributed by atoms with Gasteiger partial charge in [-0.05, 0) is 26.2 Å². The van der Waals surface area contributed by atoms with Gasteiger partial charge in [0.25, 0.3) is 0 Å². The van der Waals surface area contributed by atoms with Crippen LogP contribution in [0, 0.1) is 0 Å². The molecule has 0 saturated heterocycles. The van der Waals surface area contributed by atoms with Gasteiger partial charge in [0.05, 0.1) is 0 Å². The summed E-state index contributed by atoms with van der Waals surface area (Å²) in [6.45, 7) is 7.68. The van der Waals surface area contributed by atoms with Gasteiger partial charge in [-0.1, -0.05) is 32.6 Å². The molecule has 0 saturated carbocycles. The summed E-state index contributed by atoms with van der Waals surface area (Å²) in [5.41, 5.74) is 1.29. The van der Waals surface area contributed by atoms with E-state index in [0.717, 1.165) is 25.9 Å². The molecule has 0 aromatic carbocycles. The minimum atomic E-state index is 0.0748. The molecule has 0 heterocycles. The molecule has 0 aliphatic heterocycles. The van der Waals surface area contributed by atoms with Crippen LogP contribution in [-0.2, 0) is 4.79 Å². The van der Waals surface area contributed by atoms with Crippen molar-refractivity contribution < 1.29 is 4.79 Å². The molecule has 3 heteroatoms. The van der Waals surface area contributed by atoms with E-state index in [2.05, 4.69) is 24.2 Å². The first kappa shape index (κ1) is 16.1. The Morgan fingerprint density at radius 1 is 1.06 bits per heavy atom. The van der Waals surface area contributed by atoms with Crippen LogP contribution in [-0.4, -0.2) is 24.7 Å². The predicted octanol–water partition coefficient (Wildman–Crippen LogP) is 3.33. The lowest BCUT2D eigenvalue weighted by atomic mass is 10.1. The molecule has 0 bridgehead atoms. The van der Waals surface area contributed by atoms with Gasteiger partial charge in [0.15, 0.2) is 0 Å². The molecule has 0 spiro atoms. The zero-order valence-corrected chi connectivity index (χ0v) is 11.7. The molecule has 17 heavy (non-hydrogen) atoms. The van der Waals surface area contributed by atoms with Gasteiger partial charge in [-0.25, -0.2) is 0 Å². The minimum Gasteiger partial charge on any atom is -0.356 e. The molecule has 0 aliphatic carbocycles. The molecular formula is C14H28N2O. The van der Waals surface area contributed by atoms with Crippen molar-refractivity contribution in [3.8, 4) is 0 Å². The fourth-order valence-electron chi connectivity index (χ4n) is 1.74. The Bertz CT molecular complexity index is 224. The van der Waals surface area contributed by atoms with E-state index in [0.29, 0.717) is 0 Å². The van der Waals surface area contributed by atoms with Crippen LogP contribution >= 0.6 is 0 Å². The van der Waals surface area contributed by atoms with Gasteiger partial charge in [0.1, 0.15) is 0 Å². The number of hydrogen-bond acceptors (Lipinski definition) is 2. The standard InChI is InChI=1S/C14H28N2O/c1-4-10-13(2)15-11-8-6-5-7-9-12-16-14(3)17/h4-12H2,1-3H3,(H,16,17). The number of carbonyl (C=O) groups excluding carboxylic acids is 1. The number of hydrogen-bond donors (Lipinski definition) is 1. The molecule has 1 N–H and O–H groups in total. The molecule has 0 fully saturated rings. The number of unbranched alkanes of at least 4 members (excludes halogenated alkanes) is 4. The van der Waals surface area contributed by atoms with Crippen LogP contribution in [0.2, 0.25) is 0 Å². The summed E-state index contributed by atoms with van der Waals surface area (Å²) in [6, 6.07) is 0. The van der Waals surface area contributed by atoms with E-state index < -0.39 is 0 Å². The fraction of sp³-hybridized carbons (Fsp3) is 0.857. The van der Waals surface area contributed by atoms with Crippen LogP contribution in [0.1, 0.15) is 65.7 Å². The second-order valence-corrected chi connectivity index (χ2v) is 4.62. The highest BCUT2D eigenvalue weighted by molar-refractivity contribution is 5.81. The van der Waals surface area contributed by atoms with E-state index in [1.54, 1.807) is 6.92 Å². The zero-order valence-electron chi connectivity index (χ0n) is 11.7. The van der Waals surface area contributed by atoms with E-state index >= 15 is 0 Å². The molecule has 0 aromatic heterocycles. The maximum absolute atomic E-state index is 10.6. The van der Waals surface area contributed by atoms with Crippen molar-refractivity contribution in [2.45, 2.75) is 65.7 Å². The third kappa shape index (κ3) is 13.1. The van der Waals surface area contributed by atoms with Crippen molar-refractivity contribution in [3.05, 3.63) is 0 Å². The second-order valence-electron chi connectivity index (χ2n) is 4.62. The molecule has 100 valence electrons. The van der Waals surface area contributed by atoms with Gasteiger partial charge in [-0.3, -0.25) is 9.79 Å². The fourth-order valence-corrected chi connectivity index (χ4v) is 1.74. The minimum absolute atomic E-state index is 0.0748. The summed E-state index contributed by atoms with van der Waals surface area (Å²) in [5.74, 6) is 0.0748. The third-order valence-electron chi connectivity index (χ3n) is 2.70. The summed E-state index contributed by atoms with van der Waals surface area (Å²) in [6.07, 6.45) is 8.33. The first-order valence-electron chi connectivity index (χ1n) is 6.91. The van der Waals surface area contributed by atoms with Gasteiger partial charge in [0, 0.05) is 25.7 Å². The highest BCUT2D eigenvalue weighted by atomic mass is 16.1. The summed E-state index contributed by atoms with van der Waals surface area (Å²) in [5, 5.41) is 2.82. The highest BCUT2D eigenvalue weighted by Crippen LogP contribution is 2.03. The molecular weight excluding hydrogens is 212 g/mol. The molecule has 0 rings (SSSR count). The average molecular weight is 240 g/mol. The number of nitrogens with zero attached hydrogens (tertiary/aromatic N) is 1. The Labute approximate surface area is 106 Å². The van der Waals surface area contributed by atoms with Crippen LogP contribution in [0.25, 0.3) is 0 Å². The van der Waals surface area contributed by atoms with E-state index in [9.17, 15) is 4.79 Å². The number of nitrogens with one attached hydrogen (secondary N) is 1. The molecule has 0 atom stereocenters. The van der Waals surface area contributed by atoms with Crippen molar-refractivity contribution in [1.82, 2.24) is 5.32 Å². The maximum Gasteiger partial charge on any atom is 0.216 e. The lowest BCUT2D eigenvalue weighted by Crippen LogP contribution is -2.20. The lowest BCUT2D eigenvalue weighted by molar-refractivity contribution is -0.118. The van der Waals surface area contributed by atoms with Crippen LogP contribution < -0.4 is 5.32 Å². The molecule has 0 unspecified atom stereocenters. The summed E-state index contributed by atoms with van der Waals surface area (Å²) < 4.78 is 0. The van der Waals surface area contributed by atoms with Crippen molar-refractivity contribution in [1.29, 1.82) is 0 Å². The van der Waals surface area contributed by atoms with Crippen molar-refractivity contribution in [2.24, 2.45) is 4.99 Å². The predicted molar refractivity (Wildman–Crippen MR) is 74.7 cm³/mol.